The fraction of sp³-hybridized carbons (Fsp3) is 0.400. The first kappa shape index (κ1) is 22.0. The molecule has 1 N–H and O–H groups in total. The summed E-state index contributed by atoms with van der Waals surface area (Å²) in [6.07, 6.45) is 7.57. The molecule has 0 aromatic carbocycles. The Bertz CT molecular complexity index is 1320. The van der Waals surface area contributed by atoms with Gasteiger partial charge in [0.05, 0.1) is 24.2 Å². The maximum absolute atomic E-state index is 7.06. The van der Waals surface area contributed by atoms with E-state index in [1.54, 1.807) is 11.6 Å². The molecule has 9 heteroatoms. The molecule has 174 valence electrons. The number of hydrogen-bond acceptors (Lipinski definition) is 6. The number of H-pyrrole nitrogens is 1. The standard InChI is InChI=1S/C25H28N8O/c1-16(2)22-23(19-11-21(34-4)25-28-14-29-33(25)13-19)30-31-24(22)20-6-5-18(12-27-20)17-7-9-32(10-8-17)15-26-3/h5-6,11-14,16-17H,7-10,15H2,1-2,4H3,(H,30,31). The highest BCUT2D eigenvalue weighted by atomic mass is 16.5. The van der Waals surface area contributed by atoms with Crippen molar-refractivity contribution in [3.63, 3.8) is 0 Å². The number of aromatic nitrogens is 6. The van der Waals surface area contributed by atoms with Gasteiger partial charge in [0.25, 0.3) is 6.67 Å². The summed E-state index contributed by atoms with van der Waals surface area (Å²) in [5.41, 5.74) is 6.62. The molecular weight excluding hydrogens is 428 g/mol. The molecule has 5 heterocycles. The number of nitrogens with one attached hydrogen (secondary N) is 1. The molecule has 4 aromatic rings. The topological polar surface area (TPSA) is 88.6 Å². The molecule has 0 radical (unpaired) electrons. The maximum atomic E-state index is 7.06. The van der Waals surface area contributed by atoms with Crippen LogP contribution in [0.3, 0.4) is 0 Å². The van der Waals surface area contributed by atoms with Gasteiger partial charge in [-0.05, 0) is 42.4 Å². The van der Waals surface area contributed by atoms with E-state index in [-0.39, 0.29) is 5.92 Å². The van der Waals surface area contributed by atoms with Crippen molar-refractivity contribution in [3.05, 3.63) is 59.5 Å². The molecule has 0 bridgehead atoms. The van der Waals surface area contributed by atoms with E-state index in [4.69, 9.17) is 16.3 Å². The van der Waals surface area contributed by atoms with Crippen LogP contribution in [0.25, 0.3) is 33.1 Å². The Morgan fingerprint density at radius 2 is 2.06 bits per heavy atom. The lowest BCUT2D eigenvalue weighted by molar-refractivity contribution is 0.231. The third-order valence-corrected chi connectivity index (χ3v) is 6.59. The number of fused-ring (bicyclic) bond motifs is 1. The summed E-state index contributed by atoms with van der Waals surface area (Å²) < 4.78 is 7.25. The Hall–Kier alpha value is -3.77. The molecule has 34 heavy (non-hydrogen) atoms. The summed E-state index contributed by atoms with van der Waals surface area (Å²) >= 11 is 0. The quantitative estimate of drug-likeness (QED) is 0.434. The molecule has 0 atom stereocenters. The van der Waals surface area contributed by atoms with Crippen molar-refractivity contribution in [1.29, 1.82) is 0 Å². The number of ether oxygens (including phenoxy) is 1. The number of rotatable bonds is 6. The van der Waals surface area contributed by atoms with Crippen LogP contribution < -0.4 is 4.74 Å². The van der Waals surface area contributed by atoms with Crippen molar-refractivity contribution in [2.24, 2.45) is 0 Å². The molecule has 1 saturated heterocycles. The number of piperidine rings is 1. The van der Waals surface area contributed by atoms with Crippen LogP contribution in [0.4, 0.5) is 0 Å². The molecule has 1 aliphatic rings. The van der Waals surface area contributed by atoms with Gasteiger partial charge >= 0.3 is 0 Å². The zero-order valence-electron chi connectivity index (χ0n) is 19.7. The predicted octanol–water partition coefficient (Wildman–Crippen LogP) is 4.37. The summed E-state index contributed by atoms with van der Waals surface area (Å²) in [7, 11) is 1.63. The van der Waals surface area contributed by atoms with E-state index in [0.29, 0.717) is 24.0 Å². The SMILES string of the molecule is [C-]#[N+]CN1CCC(c2ccc(-c3[nH]nc(-c4cc(OC)c5ncnn5c4)c3C(C)C)nc2)CC1. The summed E-state index contributed by atoms with van der Waals surface area (Å²) in [6, 6.07) is 6.23. The van der Waals surface area contributed by atoms with E-state index in [9.17, 15) is 0 Å². The highest BCUT2D eigenvalue weighted by Gasteiger charge is 2.24. The van der Waals surface area contributed by atoms with Crippen molar-refractivity contribution in [1.82, 2.24) is 34.7 Å². The minimum absolute atomic E-state index is 0.231. The van der Waals surface area contributed by atoms with Crippen LogP contribution in [-0.2, 0) is 0 Å². The molecule has 9 nitrogen and oxygen atoms in total. The number of methoxy groups -OCH3 is 1. The molecule has 5 rings (SSSR count). The van der Waals surface area contributed by atoms with Crippen molar-refractivity contribution in [2.45, 2.75) is 38.5 Å². The predicted molar refractivity (Wildman–Crippen MR) is 129 cm³/mol. The number of pyridine rings is 2. The van der Waals surface area contributed by atoms with E-state index in [0.717, 1.165) is 54.1 Å². The Morgan fingerprint density at radius 3 is 2.74 bits per heavy atom. The number of likely N-dealkylation sites (tertiary alicyclic amines) is 1. The van der Waals surface area contributed by atoms with Crippen molar-refractivity contribution >= 4 is 5.65 Å². The highest BCUT2D eigenvalue weighted by Crippen LogP contribution is 2.37. The molecule has 1 aliphatic heterocycles. The summed E-state index contributed by atoms with van der Waals surface area (Å²) in [5.74, 6) is 1.38. The van der Waals surface area contributed by atoms with Gasteiger partial charge in [0.1, 0.15) is 6.33 Å². The Morgan fingerprint density at radius 1 is 1.24 bits per heavy atom. The molecule has 0 saturated carbocycles. The molecule has 0 spiro atoms. The van der Waals surface area contributed by atoms with Gasteiger partial charge < -0.3 is 4.74 Å². The smallest absolute Gasteiger partial charge is 0.270 e. The van der Waals surface area contributed by atoms with Gasteiger partial charge in [-0.2, -0.15) is 10.2 Å². The summed E-state index contributed by atoms with van der Waals surface area (Å²) in [5, 5.41) is 12.2. The molecule has 1 fully saturated rings. The van der Waals surface area contributed by atoms with Crippen LogP contribution in [0.2, 0.25) is 0 Å². The van der Waals surface area contributed by atoms with Crippen molar-refractivity contribution in [2.75, 3.05) is 26.9 Å². The number of hydrogen-bond donors (Lipinski definition) is 1. The second kappa shape index (κ2) is 9.23. The first-order valence-corrected chi connectivity index (χ1v) is 11.6. The zero-order valence-corrected chi connectivity index (χ0v) is 19.7. The maximum Gasteiger partial charge on any atom is 0.270 e. The molecule has 4 aromatic heterocycles. The van der Waals surface area contributed by atoms with E-state index >= 15 is 0 Å². The first-order valence-electron chi connectivity index (χ1n) is 11.6. The van der Waals surface area contributed by atoms with E-state index in [1.165, 1.54) is 11.9 Å². The second-order valence-electron chi connectivity index (χ2n) is 9.01. The monoisotopic (exact) mass is 456 g/mol. The lowest BCUT2D eigenvalue weighted by Gasteiger charge is -2.28. The molecule has 0 unspecified atom stereocenters. The average molecular weight is 457 g/mol. The van der Waals surface area contributed by atoms with Gasteiger partial charge in [-0.1, -0.05) is 19.9 Å². The van der Waals surface area contributed by atoms with Gasteiger partial charge in [0, 0.05) is 36.6 Å². The minimum atomic E-state index is 0.231. The van der Waals surface area contributed by atoms with Crippen LogP contribution in [-0.4, -0.2) is 61.5 Å². The van der Waals surface area contributed by atoms with Crippen LogP contribution in [0.5, 0.6) is 5.75 Å². The lowest BCUT2D eigenvalue weighted by atomic mass is 9.90. The van der Waals surface area contributed by atoms with Crippen LogP contribution in [0.1, 0.15) is 49.7 Å². The van der Waals surface area contributed by atoms with Gasteiger partial charge in [0.15, 0.2) is 11.4 Å². The third kappa shape index (κ3) is 4.01. The average Bonchev–Trinajstić information content (AvgIpc) is 3.52. The Kier molecular flexibility index (Phi) is 5.99. The van der Waals surface area contributed by atoms with Gasteiger partial charge in [-0.25, -0.2) is 21.0 Å². The molecular formula is C25H28N8O. The normalized spacial score (nSPS) is 15.1. The Balaban J connectivity index is 1.45. The summed E-state index contributed by atoms with van der Waals surface area (Å²) in [6.45, 7) is 13.8. The summed E-state index contributed by atoms with van der Waals surface area (Å²) in [4.78, 5) is 14.8. The largest absolute Gasteiger partial charge is 0.493 e. The molecule has 0 aliphatic carbocycles. The van der Waals surface area contributed by atoms with Crippen LogP contribution in [0, 0.1) is 6.57 Å². The van der Waals surface area contributed by atoms with Crippen LogP contribution >= 0.6 is 0 Å². The van der Waals surface area contributed by atoms with Crippen LogP contribution in [0.15, 0.2) is 36.9 Å². The highest BCUT2D eigenvalue weighted by molar-refractivity contribution is 5.75. The van der Waals surface area contributed by atoms with Gasteiger partial charge in [-0.3, -0.25) is 14.9 Å². The molecule has 0 amide bonds. The second-order valence-corrected chi connectivity index (χ2v) is 9.01. The lowest BCUT2D eigenvalue weighted by Crippen LogP contribution is -2.32. The fourth-order valence-electron chi connectivity index (χ4n) is 4.81. The Labute approximate surface area is 198 Å². The number of nitrogens with zero attached hydrogens (tertiary/aromatic N) is 7. The van der Waals surface area contributed by atoms with Crippen molar-refractivity contribution < 1.29 is 4.74 Å². The third-order valence-electron chi connectivity index (χ3n) is 6.59. The number of aromatic amines is 1. The van der Waals surface area contributed by atoms with Gasteiger partial charge in [0.2, 0.25) is 0 Å². The van der Waals surface area contributed by atoms with Gasteiger partial charge in [-0.15, -0.1) is 0 Å². The van der Waals surface area contributed by atoms with E-state index < -0.39 is 0 Å². The van der Waals surface area contributed by atoms with E-state index in [1.807, 2.05) is 18.5 Å². The minimum Gasteiger partial charge on any atom is -0.493 e. The first-order chi connectivity index (χ1) is 16.6. The van der Waals surface area contributed by atoms with Crippen molar-refractivity contribution in [3.8, 4) is 28.4 Å². The zero-order chi connectivity index (χ0) is 23.7. The fourth-order valence-corrected chi connectivity index (χ4v) is 4.81. The van der Waals surface area contributed by atoms with E-state index in [2.05, 4.69) is 56.0 Å².